The monoisotopic (exact) mass is 628 g/mol. The zero-order valence-corrected chi connectivity index (χ0v) is 27.3. The SMILES string of the molecule is CC1(C)c2cc(-c3cccc(-c4nc(-c5cccnc5)nc(-c5cccc(-c6ccccc6)c5)n4)c3)ccc2-c2ccc3ccccc3c21. The summed E-state index contributed by atoms with van der Waals surface area (Å²) >= 11 is 0. The van der Waals surface area contributed by atoms with E-state index < -0.39 is 0 Å². The summed E-state index contributed by atoms with van der Waals surface area (Å²) < 4.78 is 0. The van der Waals surface area contributed by atoms with Crippen LogP contribution in [0.25, 0.3) is 78.3 Å². The van der Waals surface area contributed by atoms with Crippen molar-refractivity contribution in [2.24, 2.45) is 0 Å². The van der Waals surface area contributed by atoms with Gasteiger partial charge in [-0.2, -0.15) is 0 Å². The van der Waals surface area contributed by atoms with E-state index in [1.54, 1.807) is 12.4 Å². The van der Waals surface area contributed by atoms with E-state index in [1.807, 2.05) is 18.2 Å². The van der Waals surface area contributed by atoms with Gasteiger partial charge in [0.2, 0.25) is 0 Å². The first kappa shape index (κ1) is 28.9. The number of hydrogen-bond acceptors (Lipinski definition) is 4. The van der Waals surface area contributed by atoms with E-state index in [-0.39, 0.29) is 5.41 Å². The first-order valence-corrected chi connectivity index (χ1v) is 16.6. The standard InChI is InChI=1S/C45H32N4/c1-45(2)40-27-33(21-22-38(40)39-23-20-30-13-6-7-19-37(30)41(39)45)32-15-9-17-35(26-32)43-47-42(48-44(49-43)36-18-10-24-46-28-36)34-16-8-14-31(25-34)29-11-4-3-5-12-29/h3-28H,1-2H3. The fourth-order valence-electron chi connectivity index (χ4n) is 7.34. The second kappa shape index (κ2) is 11.5. The maximum Gasteiger partial charge on any atom is 0.165 e. The molecule has 8 aromatic rings. The van der Waals surface area contributed by atoms with Gasteiger partial charge in [-0.3, -0.25) is 4.98 Å². The molecular weight excluding hydrogens is 597 g/mol. The smallest absolute Gasteiger partial charge is 0.165 e. The summed E-state index contributed by atoms with van der Waals surface area (Å²) in [5.41, 5.74) is 12.5. The Labute approximate surface area is 285 Å². The van der Waals surface area contributed by atoms with Crippen molar-refractivity contribution < 1.29 is 0 Å². The van der Waals surface area contributed by atoms with Gasteiger partial charge in [-0.25, -0.2) is 15.0 Å². The quantitative estimate of drug-likeness (QED) is 0.190. The molecule has 0 aliphatic heterocycles. The van der Waals surface area contributed by atoms with Gasteiger partial charge in [0.1, 0.15) is 0 Å². The molecule has 9 rings (SSSR count). The Morgan fingerprint density at radius 1 is 0.429 bits per heavy atom. The van der Waals surface area contributed by atoms with Gasteiger partial charge in [-0.1, -0.05) is 129 Å². The number of hydrogen-bond donors (Lipinski definition) is 0. The molecule has 2 aromatic heterocycles. The molecule has 0 bridgehead atoms. The van der Waals surface area contributed by atoms with Crippen molar-refractivity contribution in [3.8, 4) is 67.5 Å². The maximum absolute atomic E-state index is 5.06. The van der Waals surface area contributed by atoms with Gasteiger partial charge in [0.15, 0.2) is 17.5 Å². The van der Waals surface area contributed by atoms with Crippen LogP contribution in [-0.2, 0) is 5.41 Å². The molecule has 49 heavy (non-hydrogen) atoms. The fraction of sp³-hybridized carbons (Fsp3) is 0.0667. The van der Waals surface area contributed by atoms with E-state index in [2.05, 4.69) is 146 Å². The summed E-state index contributed by atoms with van der Waals surface area (Å²) in [7, 11) is 0. The molecule has 0 N–H and O–H groups in total. The van der Waals surface area contributed by atoms with E-state index in [0.717, 1.165) is 33.4 Å². The summed E-state index contributed by atoms with van der Waals surface area (Å²) in [6.45, 7) is 4.70. The summed E-state index contributed by atoms with van der Waals surface area (Å²) in [5.74, 6) is 1.83. The van der Waals surface area contributed by atoms with Crippen LogP contribution in [-0.4, -0.2) is 19.9 Å². The van der Waals surface area contributed by atoms with Crippen LogP contribution in [0, 0.1) is 0 Å². The van der Waals surface area contributed by atoms with Gasteiger partial charge >= 0.3 is 0 Å². The highest BCUT2D eigenvalue weighted by Crippen LogP contribution is 2.52. The second-order valence-electron chi connectivity index (χ2n) is 13.2. The van der Waals surface area contributed by atoms with Crippen LogP contribution in [0.5, 0.6) is 0 Å². The Balaban J connectivity index is 1.14. The van der Waals surface area contributed by atoms with Crippen LogP contribution in [0.2, 0.25) is 0 Å². The second-order valence-corrected chi connectivity index (χ2v) is 13.2. The van der Waals surface area contributed by atoms with Gasteiger partial charge < -0.3 is 0 Å². The molecule has 1 aliphatic rings. The Kier molecular flexibility index (Phi) is 6.77. The highest BCUT2D eigenvalue weighted by molar-refractivity contribution is 5.98. The molecule has 0 fully saturated rings. The molecule has 0 atom stereocenters. The van der Waals surface area contributed by atoms with Gasteiger partial charge in [0, 0.05) is 34.5 Å². The summed E-state index contributed by atoms with van der Waals surface area (Å²) in [4.78, 5) is 19.3. The lowest BCUT2D eigenvalue weighted by Crippen LogP contribution is -2.15. The molecular formula is C45H32N4. The average Bonchev–Trinajstić information content (AvgIpc) is 3.41. The summed E-state index contributed by atoms with van der Waals surface area (Å²) in [6.07, 6.45) is 3.56. The zero-order valence-electron chi connectivity index (χ0n) is 27.3. The predicted molar refractivity (Wildman–Crippen MR) is 200 cm³/mol. The van der Waals surface area contributed by atoms with Crippen molar-refractivity contribution in [1.82, 2.24) is 19.9 Å². The lowest BCUT2D eigenvalue weighted by Gasteiger charge is -2.23. The highest BCUT2D eigenvalue weighted by Gasteiger charge is 2.37. The van der Waals surface area contributed by atoms with E-state index in [4.69, 9.17) is 15.0 Å². The van der Waals surface area contributed by atoms with Gasteiger partial charge in [-0.15, -0.1) is 0 Å². The highest BCUT2D eigenvalue weighted by atomic mass is 15.0. The van der Waals surface area contributed by atoms with Crippen LogP contribution in [0.15, 0.2) is 158 Å². The zero-order chi connectivity index (χ0) is 33.0. The Morgan fingerprint density at radius 2 is 1.00 bits per heavy atom. The van der Waals surface area contributed by atoms with Crippen molar-refractivity contribution >= 4 is 10.8 Å². The summed E-state index contributed by atoms with van der Waals surface area (Å²) in [6, 6.07) is 51.4. The van der Waals surface area contributed by atoms with Crippen molar-refractivity contribution in [2.45, 2.75) is 19.3 Å². The molecule has 4 nitrogen and oxygen atoms in total. The molecule has 2 heterocycles. The van der Waals surface area contributed by atoms with E-state index >= 15 is 0 Å². The van der Waals surface area contributed by atoms with E-state index in [9.17, 15) is 0 Å². The lowest BCUT2D eigenvalue weighted by molar-refractivity contribution is 0.666. The van der Waals surface area contributed by atoms with Gasteiger partial charge in [0.05, 0.1) is 0 Å². The van der Waals surface area contributed by atoms with Crippen LogP contribution >= 0.6 is 0 Å². The third-order valence-corrected chi connectivity index (χ3v) is 9.77. The third kappa shape index (κ3) is 5.01. The number of rotatable bonds is 5. The van der Waals surface area contributed by atoms with Gasteiger partial charge in [0.25, 0.3) is 0 Å². The number of fused-ring (bicyclic) bond motifs is 5. The third-order valence-electron chi connectivity index (χ3n) is 9.77. The first-order chi connectivity index (χ1) is 24.0. The molecule has 0 amide bonds. The van der Waals surface area contributed by atoms with Crippen LogP contribution in [0.4, 0.5) is 0 Å². The average molecular weight is 629 g/mol. The minimum absolute atomic E-state index is 0.130. The van der Waals surface area contributed by atoms with Crippen LogP contribution in [0.1, 0.15) is 25.0 Å². The number of pyridine rings is 1. The van der Waals surface area contributed by atoms with Crippen LogP contribution in [0.3, 0.4) is 0 Å². The first-order valence-electron chi connectivity index (χ1n) is 16.6. The lowest BCUT2D eigenvalue weighted by atomic mass is 9.79. The van der Waals surface area contributed by atoms with Crippen molar-refractivity contribution in [1.29, 1.82) is 0 Å². The molecule has 232 valence electrons. The molecule has 1 aliphatic carbocycles. The molecule has 0 saturated carbocycles. The molecule has 4 heteroatoms. The molecule has 6 aromatic carbocycles. The Hall–Kier alpha value is -6.26. The fourth-order valence-corrected chi connectivity index (χ4v) is 7.34. The van der Waals surface area contributed by atoms with Crippen molar-refractivity contribution in [3.63, 3.8) is 0 Å². The molecule has 0 unspecified atom stereocenters. The number of nitrogens with zero attached hydrogens (tertiary/aromatic N) is 4. The minimum atomic E-state index is -0.130. The van der Waals surface area contributed by atoms with Gasteiger partial charge in [-0.05, 0) is 85.6 Å². The Bertz CT molecular complexity index is 2520. The minimum Gasteiger partial charge on any atom is -0.264 e. The van der Waals surface area contributed by atoms with E-state index in [0.29, 0.717) is 17.5 Å². The number of aromatic nitrogens is 4. The molecule has 0 spiro atoms. The van der Waals surface area contributed by atoms with E-state index in [1.165, 1.54) is 38.6 Å². The van der Waals surface area contributed by atoms with Crippen molar-refractivity contribution in [3.05, 3.63) is 169 Å². The topological polar surface area (TPSA) is 51.6 Å². The maximum atomic E-state index is 5.06. The largest absolute Gasteiger partial charge is 0.264 e. The number of benzene rings is 6. The summed E-state index contributed by atoms with van der Waals surface area (Å²) in [5, 5.41) is 2.61. The predicted octanol–water partition coefficient (Wildman–Crippen LogP) is 11.1. The normalized spacial score (nSPS) is 12.9. The Morgan fingerprint density at radius 3 is 1.71 bits per heavy atom. The van der Waals surface area contributed by atoms with Crippen molar-refractivity contribution in [2.75, 3.05) is 0 Å². The molecule has 0 saturated heterocycles. The molecule has 0 radical (unpaired) electrons. The van der Waals surface area contributed by atoms with Crippen LogP contribution < -0.4 is 0 Å².